The first-order valence-electron chi connectivity index (χ1n) is 3.62. The van der Waals surface area contributed by atoms with Crippen LogP contribution in [0.3, 0.4) is 0 Å². The number of allylic oxidation sites excluding steroid dienone is 2. The lowest BCUT2D eigenvalue weighted by Gasteiger charge is -2.20. The first-order chi connectivity index (χ1) is 6.30. The van der Waals surface area contributed by atoms with Gasteiger partial charge >= 0.3 is 11.8 Å². The van der Waals surface area contributed by atoms with E-state index in [2.05, 4.69) is 4.99 Å². The molecular weight excluding hydrogens is 207 g/mol. The highest BCUT2D eigenvalue weighted by Gasteiger charge is 2.69. The quantitative estimate of drug-likeness (QED) is 0.660. The molecule has 2 nitrogen and oxygen atoms in total. The van der Waals surface area contributed by atoms with E-state index in [1.165, 1.54) is 0 Å². The van der Waals surface area contributed by atoms with Crippen molar-refractivity contribution in [3.63, 3.8) is 0 Å². The number of nitrogens with zero attached hydrogens (tertiary/aromatic N) is 1. The van der Waals surface area contributed by atoms with E-state index in [4.69, 9.17) is 0 Å². The molecule has 0 amide bonds. The molecule has 0 fully saturated rings. The lowest BCUT2D eigenvalue weighted by molar-refractivity contribution is -0.136. The molecule has 0 saturated heterocycles. The van der Waals surface area contributed by atoms with E-state index < -0.39 is 29.1 Å². The predicted molar refractivity (Wildman–Crippen MR) is 40.4 cm³/mol. The molecule has 0 aromatic carbocycles. The smallest absolute Gasteiger partial charge is 0.360 e. The van der Waals surface area contributed by atoms with Crippen LogP contribution in [-0.2, 0) is 0 Å². The van der Waals surface area contributed by atoms with Crippen molar-refractivity contribution in [2.75, 3.05) is 14.1 Å². The molecule has 1 aliphatic rings. The van der Waals surface area contributed by atoms with Crippen molar-refractivity contribution < 1.29 is 22.0 Å². The molecule has 0 spiro atoms. The van der Waals surface area contributed by atoms with Crippen LogP contribution in [0, 0.1) is 0 Å². The molecule has 0 aliphatic heterocycles. The molecule has 0 aromatic rings. The van der Waals surface area contributed by atoms with Crippen LogP contribution in [0.15, 0.2) is 16.5 Å². The van der Waals surface area contributed by atoms with Crippen molar-refractivity contribution in [2.24, 2.45) is 4.99 Å². The summed E-state index contributed by atoms with van der Waals surface area (Å²) in [6, 6.07) is 0. The molecule has 0 saturated carbocycles. The maximum Gasteiger partial charge on any atom is 0.360 e. The van der Waals surface area contributed by atoms with Crippen molar-refractivity contribution in [1.82, 2.24) is 5.32 Å². The van der Waals surface area contributed by atoms with Gasteiger partial charge in [-0.05, 0) is 0 Å². The van der Waals surface area contributed by atoms with E-state index in [1.807, 2.05) is 0 Å². The number of aliphatic imine (C=N–C) groups is 1. The lowest BCUT2D eigenvalue weighted by atomic mass is 10.2. The Bertz CT molecular complexity index is 318. The Hall–Kier alpha value is -1.14. The molecule has 0 heterocycles. The minimum Gasteiger partial charge on any atom is -0.384 e. The third-order valence-electron chi connectivity index (χ3n) is 1.91. The third-order valence-corrected chi connectivity index (χ3v) is 1.91. The minimum atomic E-state index is -4.59. The minimum absolute atomic E-state index is 0.831. The number of nitrogens with one attached hydrogen (secondary N) is 1. The Morgan fingerprint density at radius 1 is 1.14 bits per heavy atom. The summed E-state index contributed by atoms with van der Waals surface area (Å²) >= 11 is 0. The van der Waals surface area contributed by atoms with Crippen molar-refractivity contribution >= 4 is 5.71 Å². The summed E-state index contributed by atoms with van der Waals surface area (Å²) in [7, 11) is 1.77. The largest absolute Gasteiger partial charge is 0.384 e. The first-order valence-corrected chi connectivity index (χ1v) is 3.62. The van der Waals surface area contributed by atoms with Crippen LogP contribution in [0.1, 0.15) is 0 Å². The Kier molecular flexibility index (Phi) is 2.29. The van der Waals surface area contributed by atoms with Crippen molar-refractivity contribution in [1.29, 1.82) is 0 Å². The van der Waals surface area contributed by atoms with Gasteiger partial charge in [0.2, 0.25) is 0 Å². The maximum atomic E-state index is 13.0. The summed E-state index contributed by atoms with van der Waals surface area (Å²) in [4.78, 5) is 2.83. The van der Waals surface area contributed by atoms with Gasteiger partial charge < -0.3 is 5.32 Å². The van der Waals surface area contributed by atoms with Gasteiger partial charge in [0.05, 0.1) is 0 Å². The summed E-state index contributed by atoms with van der Waals surface area (Å²) in [5.74, 6) is -10.9. The molecule has 0 bridgehead atoms. The Balaban J connectivity index is 3.39. The molecule has 7 heteroatoms. The molecule has 1 N–H and O–H groups in total. The fourth-order valence-electron chi connectivity index (χ4n) is 1.21. The van der Waals surface area contributed by atoms with Gasteiger partial charge in [-0.15, -0.1) is 0 Å². The normalized spacial score (nSPS) is 27.2. The van der Waals surface area contributed by atoms with Crippen LogP contribution in [0.5, 0.6) is 0 Å². The number of hydrogen-bond acceptors (Lipinski definition) is 2. The van der Waals surface area contributed by atoms with E-state index in [0.717, 1.165) is 14.1 Å². The highest BCUT2D eigenvalue weighted by Crippen LogP contribution is 2.48. The highest BCUT2D eigenvalue weighted by molar-refractivity contribution is 6.08. The fraction of sp³-hybridized carbons (Fsp3) is 0.571. The predicted octanol–water partition coefficient (Wildman–Crippen LogP) is 1.74. The van der Waals surface area contributed by atoms with Crippen LogP contribution in [-0.4, -0.2) is 31.7 Å². The fourth-order valence-corrected chi connectivity index (χ4v) is 1.21. The standard InChI is InChI=1S/C7H7F5N2/c1-13-4-3(8)5(14-2)7(11,12)6(4,9)10/h13H,1-2H3. The second-order valence-electron chi connectivity index (χ2n) is 2.66. The zero-order valence-corrected chi connectivity index (χ0v) is 7.34. The van der Waals surface area contributed by atoms with E-state index >= 15 is 0 Å². The number of rotatable bonds is 1. The topological polar surface area (TPSA) is 24.4 Å². The summed E-state index contributed by atoms with van der Waals surface area (Å²) < 4.78 is 64.5. The van der Waals surface area contributed by atoms with Gasteiger partial charge in [0.15, 0.2) is 5.83 Å². The zero-order chi connectivity index (χ0) is 11.1. The molecule has 1 aliphatic carbocycles. The lowest BCUT2D eigenvalue weighted by Crippen LogP contribution is -2.44. The molecule has 0 unspecified atom stereocenters. The second kappa shape index (κ2) is 2.93. The van der Waals surface area contributed by atoms with Gasteiger partial charge in [-0.25, -0.2) is 4.39 Å². The third kappa shape index (κ3) is 1.04. The molecule has 1 rings (SSSR count). The van der Waals surface area contributed by atoms with Gasteiger partial charge in [0.25, 0.3) is 0 Å². The number of alkyl halides is 4. The summed E-state index contributed by atoms with van der Waals surface area (Å²) in [6.07, 6.45) is 0. The average molecular weight is 214 g/mol. The second-order valence-corrected chi connectivity index (χ2v) is 2.66. The van der Waals surface area contributed by atoms with E-state index in [0.29, 0.717) is 0 Å². The number of halogens is 5. The molecule has 14 heavy (non-hydrogen) atoms. The molecule has 80 valence electrons. The van der Waals surface area contributed by atoms with Gasteiger partial charge in [0, 0.05) is 14.1 Å². The first kappa shape index (κ1) is 10.9. The Morgan fingerprint density at radius 3 is 1.86 bits per heavy atom. The highest BCUT2D eigenvalue weighted by atomic mass is 19.3. The maximum absolute atomic E-state index is 13.0. The van der Waals surface area contributed by atoms with E-state index in [1.54, 1.807) is 5.32 Å². The van der Waals surface area contributed by atoms with E-state index in [9.17, 15) is 22.0 Å². The van der Waals surface area contributed by atoms with Gasteiger partial charge in [-0.2, -0.15) is 17.6 Å². The van der Waals surface area contributed by atoms with Gasteiger partial charge in [0.1, 0.15) is 11.4 Å². The van der Waals surface area contributed by atoms with Crippen molar-refractivity contribution in [3.8, 4) is 0 Å². The van der Waals surface area contributed by atoms with Crippen LogP contribution < -0.4 is 5.32 Å². The monoisotopic (exact) mass is 214 g/mol. The zero-order valence-electron chi connectivity index (χ0n) is 7.34. The summed E-state index contributed by atoms with van der Waals surface area (Å²) in [6.45, 7) is 0. The average Bonchev–Trinajstić information content (AvgIpc) is 2.16. The van der Waals surface area contributed by atoms with Crippen LogP contribution in [0.4, 0.5) is 22.0 Å². The van der Waals surface area contributed by atoms with Crippen LogP contribution in [0.25, 0.3) is 0 Å². The van der Waals surface area contributed by atoms with Gasteiger partial charge in [-0.3, -0.25) is 4.99 Å². The van der Waals surface area contributed by atoms with Crippen LogP contribution in [0.2, 0.25) is 0 Å². The molecule has 0 aromatic heterocycles. The summed E-state index contributed by atoms with van der Waals surface area (Å²) in [5.41, 5.74) is -2.95. The molecule has 0 radical (unpaired) electrons. The van der Waals surface area contributed by atoms with Crippen molar-refractivity contribution in [3.05, 3.63) is 11.5 Å². The Labute approximate surface area is 76.5 Å². The van der Waals surface area contributed by atoms with Gasteiger partial charge in [-0.1, -0.05) is 0 Å². The number of hydrogen-bond donors (Lipinski definition) is 1. The SMILES string of the molecule is CN=C1C(F)=C(NC)C(F)(F)C1(F)F. The summed E-state index contributed by atoms with van der Waals surface area (Å²) in [5, 5.41) is 1.72. The molecule has 0 atom stereocenters. The Morgan fingerprint density at radius 2 is 1.64 bits per heavy atom. The van der Waals surface area contributed by atoms with E-state index in [-0.39, 0.29) is 0 Å². The van der Waals surface area contributed by atoms with Crippen LogP contribution >= 0.6 is 0 Å². The molecular formula is C7H7F5N2. The van der Waals surface area contributed by atoms with Crippen molar-refractivity contribution in [2.45, 2.75) is 11.8 Å².